The number of amides is 1. The smallest absolute Gasteiger partial charge is 0.256 e. The second-order valence-electron chi connectivity index (χ2n) is 6.02. The zero-order valence-electron chi connectivity index (χ0n) is 14.4. The standard InChI is InChI=1S/C19H18ClFN4O/c1-12(15-4-3-9-22-10-15)23-19(26)17-13(2)24-25(18(17)20)11-14-5-7-16(21)8-6-14/h3-10,12H,11H2,1-2H3,(H,23,26). The van der Waals surface area contributed by atoms with E-state index in [2.05, 4.69) is 15.4 Å². The molecule has 1 N–H and O–H groups in total. The Balaban J connectivity index is 1.78. The fourth-order valence-corrected chi connectivity index (χ4v) is 2.98. The van der Waals surface area contributed by atoms with Crippen LogP contribution in [-0.4, -0.2) is 20.7 Å². The van der Waals surface area contributed by atoms with Gasteiger partial charge in [0, 0.05) is 12.4 Å². The van der Waals surface area contributed by atoms with Crippen molar-refractivity contribution in [1.29, 1.82) is 0 Å². The van der Waals surface area contributed by atoms with Gasteiger partial charge in [-0.05, 0) is 43.2 Å². The van der Waals surface area contributed by atoms with Gasteiger partial charge in [-0.3, -0.25) is 9.78 Å². The quantitative estimate of drug-likeness (QED) is 0.738. The van der Waals surface area contributed by atoms with Gasteiger partial charge >= 0.3 is 0 Å². The number of hydrogen-bond donors (Lipinski definition) is 1. The van der Waals surface area contributed by atoms with Crippen molar-refractivity contribution in [1.82, 2.24) is 20.1 Å². The van der Waals surface area contributed by atoms with E-state index in [9.17, 15) is 9.18 Å². The number of carbonyl (C=O) groups is 1. The number of carbonyl (C=O) groups excluding carboxylic acids is 1. The number of rotatable bonds is 5. The highest BCUT2D eigenvalue weighted by Crippen LogP contribution is 2.22. The van der Waals surface area contributed by atoms with Crippen molar-refractivity contribution >= 4 is 17.5 Å². The van der Waals surface area contributed by atoms with Crippen LogP contribution in [0.3, 0.4) is 0 Å². The van der Waals surface area contributed by atoms with Gasteiger partial charge in [0.25, 0.3) is 5.91 Å². The number of pyridine rings is 1. The molecule has 2 aromatic heterocycles. The highest BCUT2D eigenvalue weighted by molar-refractivity contribution is 6.33. The largest absolute Gasteiger partial charge is 0.345 e. The van der Waals surface area contributed by atoms with Gasteiger partial charge in [0.2, 0.25) is 0 Å². The molecule has 0 fully saturated rings. The molecule has 0 aliphatic carbocycles. The molecule has 0 radical (unpaired) electrons. The molecule has 5 nitrogen and oxygen atoms in total. The first kappa shape index (κ1) is 18.1. The monoisotopic (exact) mass is 372 g/mol. The van der Waals surface area contributed by atoms with Gasteiger partial charge in [-0.2, -0.15) is 5.10 Å². The summed E-state index contributed by atoms with van der Waals surface area (Å²) in [5.41, 5.74) is 2.61. The maximum atomic E-state index is 13.0. The molecule has 0 aliphatic rings. The minimum Gasteiger partial charge on any atom is -0.345 e. The van der Waals surface area contributed by atoms with Crippen LogP contribution in [0.1, 0.15) is 40.1 Å². The normalized spacial score (nSPS) is 12.0. The Labute approximate surface area is 155 Å². The molecule has 2 heterocycles. The highest BCUT2D eigenvalue weighted by Gasteiger charge is 2.22. The van der Waals surface area contributed by atoms with Crippen molar-refractivity contribution in [2.24, 2.45) is 0 Å². The van der Waals surface area contributed by atoms with E-state index >= 15 is 0 Å². The van der Waals surface area contributed by atoms with E-state index in [1.165, 1.54) is 16.8 Å². The zero-order valence-corrected chi connectivity index (χ0v) is 15.2. The van der Waals surface area contributed by atoms with Crippen LogP contribution in [0.5, 0.6) is 0 Å². The summed E-state index contributed by atoms with van der Waals surface area (Å²) in [6, 6.07) is 9.57. The predicted octanol–water partition coefficient (Wildman–Crippen LogP) is 3.92. The Morgan fingerprint density at radius 3 is 2.69 bits per heavy atom. The fourth-order valence-electron chi connectivity index (χ4n) is 2.66. The van der Waals surface area contributed by atoms with Crippen molar-refractivity contribution in [3.63, 3.8) is 0 Å². The van der Waals surface area contributed by atoms with Crippen LogP contribution < -0.4 is 5.32 Å². The van der Waals surface area contributed by atoms with E-state index in [0.29, 0.717) is 17.8 Å². The van der Waals surface area contributed by atoms with Crippen molar-refractivity contribution in [3.05, 3.63) is 82.1 Å². The average molecular weight is 373 g/mol. The molecule has 134 valence electrons. The van der Waals surface area contributed by atoms with Gasteiger partial charge in [0.1, 0.15) is 11.0 Å². The maximum Gasteiger partial charge on any atom is 0.256 e. The fraction of sp³-hybridized carbons (Fsp3) is 0.211. The van der Waals surface area contributed by atoms with Gasteiger partial charge < -0.3 is 5.32 Å². The summed E-state index contributed by atoms with van der Waals surface area (Å²) in [5.74, 6) is -0.602. The minimum atomic E-state index is -0.305. The molecule has 1 aromatic carbocycles. The third-order valence-electron chi connectivity index (χ3n) is 4.07. The lowest BCUT2D eigenvalue weighted by atomic mass is 10.1. The van der Waals surface area contributed by atoms with Gasteiger partial charge in [-0.25, -0.2) is 9.07 Å². The Morgan fingerprint density at radius 1 is 1.31 bits per heavy atom. The summed E-state index contributed by atoms with van der Waals surface area (Å²) in [6.07, 6.45) is 3.38. The summed E-state index contributed by atoms with van der Waals surface area (Å²) in [7, 11) is 0. The molecule has 0 saturated heterocycles. The molecule has 1 atom stereocenters. The second-order valence-corrected chi connectivity index (χ2v) is 6.37. The molecule has 0 aliphatic heterocycles. The van der Waals surface area contributed by atoms with Crippen LogP contribution in [0.4, 0.5) is 4.39 Å². The topological polar surface area (TPSA) is 59.8 Å². The van der Waals surface area contributed by atoms with Crippen LogP contribution in [0.25, 0.3) is 0 Å². The number of aryl methyl sites for hydroxylation is 1. The van der Waals surface area contributed by atoms with Crippen LogP contribution in [-0.2, 0) is 6.54 Å². The minimum absolute atomic E-state index is 0.216. The van der Waals surface area contributed by atoms with E-state index in [1.807, 2.05) is 19.1 Å². The Bertz CT molecular complexity index is 909. The van der Waals surface area contributed by atoms with Crippen molar-refractivity contribution < 1.29 is 9.18 Å². The highest BCUT2D eigenvalue weighted by atomic mass is 35.5. The van der Waals surface area contributed by atoms with Crippen LogP contribution in [0.2, 0.25) is 5.15 Å². The molecule has 0 saturated carbocycles. The van der Waals surface area contributed by atoms with Crippen LogP contribution >= 0.6 is 11.6 Å². The Morgan fingerprint density at radius 2 is 2.04 bits per heavy atom. The van der Waals surface area contributed by atoms with Crippen molar-refractivity contribution in [3.8, 4) is 0 Å². The van der Waals surface area contributed by atoms with E-state index in [0.717, 1.165) is 11.1 Å². The van der Waals surface area contributed by atoms with Gasteiger partial charge in [0.05, 0.1) is 23.8 Å². The molecule has 1 amide bonds. The maximum absolute atomic E-state index is 13.0. The molecule has 1 unspecified atom stereocenters. The first-order valence-corrected chi connectivity index (χ1v) is 8.51. The van der Waals surface area contributed by atoms with Crippen LogP contribution in [0.15, 0.2) is 48.8 Å². The van der Waals surface area contributed by atoms with Crippen molar-refractivity contribution in [2.45, 2.75) is 26.4 Å². The van der Waals surface area contributed by atoms with Crippen molar-refractivity contribution in [2.75, 3.05) is 0 Å². The number of benzene rings is 1. The molecular weight excluding hydrogens is 355 g/mol. The summed E-state index contributed by atoms with van der Waals surface area (Å²) >= 11 is 6.39. The second kappa shape index (κ2) is 7.66. The van der Waals surface area contributed by atoms with E-state index in [4.69, 9.17) is 11.6 Å². The molecular formula is C19H18ClFN4O. The van der Waals surface area contributed by atoms with Gasteiger partial charge in [-0.1, -0.05) is 29.8 Å². The third kappa shape index (κ3) is 3.91. The van der Waals surface area contributed by atoms with Gasteiger partial charge in [0.15, 0.2) is 0 Å². The lowest BCUT2D eigenvalue weighted by Gasteiger charge is -2.13. The first-order valence-electron chi connectivity index (χ1n) is 8.14. The predicted molar refractivity (Wildman–Crippen MR) is 97.6 cm³/mol. The zero-order chi connectivity index (χ0) is 18.7. The van der Waals surface area contributed by atoms with E-state index < -0.39 is 0 Å². The lowest BCUT2D eigenvalue weighted by Crippen LogP contribution is -2.27. The molecule has 7 heteroatoms. The Hall–Kier alpha value is -2.73. The first-order chi connectivity index (χ1) is 12.5. The average Bonchev–Trinajstić information content (AvgIpc) is 2.91. The molecule has 0 bridgehead atoms. The molecule has 0 spiro atoms. The lowest BCUT2D eigenvalue weighted by molar-refractivity contribution is 0.0939. The summed E-state index contributed by atoms with van der Waals surface area (Å²) in [4.78, 5) is 16.7. The Kier molecular flexibility index (Phi) is 5.32. The molecule has 3 aromatic rings. The van der Waals surface area contributed by atoms with E-state index in [-0.39, 0.29) is 22.9 Å². The third-order valence-corrected chi connectivity index (χ3v) is 4.45. The summed E-state index contributed by atoms with van der Waals surface area (Å²) in [6.45, 7) is 3.96. The number of nitrogens with zero attached hydrogens (tertiary/aromatic N) is 3. The molecule has 26 heavy (non-hydrogen) atoms. The van der Waals surface area contributed by atoms with Gasteiger partial charge in [-0.15, -0.1) is 0 Å². The van der Waals surface area contributed by atoms with E-state index in [1.54, 1.807) is 31.5 Å². The van der Waals surface area contributed by atoms with Crippen LogP contribution in [0, 0.1) is 12.7 Å². The number of halogens is 2. The number of aromatic nitrogens is 3. The number of nitrogens with one attached hydrogen (secondary N) is 1. The SMILES string of the molecule is Cc1nn(Cc2ccc(F)cc2)c(Cl)c1C(=O)NC(C)c1cccnc1. The molecule has 3 rings (SSSR count). The number of hydrogen-bond acceptors (Lipinski definition) is 3. The summed E-state index contributed by atoms with van der Waals surface area (Å²) in [5, 5.41) is 7.51. The summed E-state index contributed by atoms with van der Waals surface area (Å²) < 4.78 is 14.6.